The van der Waals surface area contributed by atoms with Crippen molar-refractivity contribution in [1.29, 1.82) is 0 Å². The Balaban J connectivity index is 1.82. The molecule has 0 amide bonds. The van der Waals surface area contributed by atoms with Crippen molar-refractivity contribution in [2.75, 3.05) is 0 Å². The van der Waals surface area contributed by atoms with Crippen LogP contribution in [0.3, 0.4) is 0 Å². The molecule has 1 aliphatic heterocycles. The van der Waals surface area contributed by atoms with Gasteiger partial charge in [-0.1, -0.05) is 30.3 Å². The lowest BCUT2D eigenvalue weighted by Gasteiger charge is -2.09. The monoisotopic (exact) mass is 220 g/mol. The van der Waals surface area contributed by atoms with Crippen molar-refractivity contribution in [2.45, 2.75) is 25.6 Å². The molecule has 0 radical (unpaired) electrons. The molecule has 1 aromatic carbocycles. The van der Waals surface area contributed by atoms with Crippen LogP contribution in [0, 0.1) is 0 Å². The van der Waals surface area contributed by atoms with Crippen LogP contribution < -0.4 is 0 Å². The van der Waals surface area contributed by atoms with E-state index in [1.165, 1.54) is 0 Å². The molecule has 2 rings (SSSR count). The van der Waals surface area contributed by atoms with E-state index in [1.807, 2.05) is 30.3 Å². The SMILES string of the molecule is O=C1CC[C@@H](C(=O)OCc2ccccc2)O1. The van der Waals surface area contributed by atoms with Gasteiger partial charge in [-0.3, -0.25) is 4.79 Å². The average Bonchev–Trinajstić information content (AvgIpc) is 2.74. The van der Waals surface area contributed by atoms with Crippen LogP contribution in [0.15, 0.2) is 30.3 Å². The first-order valence-electron chi connectivity index (χ1n) is 5.16. The zero-order valence-corrected chi connectivity index (χ0v) is 8.72. The second-order valence-electron chi connectivity index (χ2n) is 3.61. The Hall–Kier alpha value is -1.84. The Bertz CT molecular complexity index is 385. The maximum Gasteiger partial charge on any atom is 0.347 e. The molecule has 0 aromatic heterocycles. The first-order chi connectivity index (χ1) is 7.75. The number of rotatable bonds is 3. The van der Waals surface area contributed by atoms with Crippen LogP contribution in [0.4, 0.5) is 0 Å². The van der Waals surface area contributed by atoms with Gasteiger partial charge in [0.15, 0.2) is 6.10 Å². The van der Waals surface area contributed by atoms with E-state index >= 15 is 0 Å². The van der Waals surface area contributed by atoms with Gasteiger partial charge in [-0.05, 0) is 5.56 Å². The molecule has 1 aliphatic rings. The summed E-state index contributed by atoms with van der Waals surface area (Å²) in [6, 6.07) is 9.38. The van der Waals surface area contributed by atoms with Gasteiger partial charge in [-0.15, -0.1) is 0 Å². The lowest BCUT2D eigenvalue weighted by atomic mass is 10.2. The van der Waals surface area contributed by atoms with Gasteiger partial charge in [0, 0.05) is 12.8 Å². The summed E-state index contributed by atoms with van der Waals surface area (Å²) >= 11 is 0. The largest absolute Gasteiger partial charge is 0.458 e. The van der Waals surface area contributed by atoms with Crippen molar-refractivity contribution in [3.63, 3.8) is 0 Å². The van der Waals surface area contributed by atoms with Crippen molar-refractivity contribution >= 4 is 11.9 Å². The fourth-order valence-corrected chi connectivity index (χ4v) is 1.51. The molecule has 16 heavy (non-hydrogen) atoms. The summed E-state index contributed by atoms with van der Waals surface area (Å²) in [4.78, 5) is 22.3. The number of carbonyl (C=O) groups excluding carboxylic acids is 2. The van der Waals surface area contributed by atoms with Gasteiger partial charge in [-0.2, -0.15) is 0 Å². The highest BCUT2D eigenvalue weighted by molar-refractivity contribution is 5.82. The Morgan fingerprint density at radius 2 is 2.12 bits per heavy atom. The highest BCUT2D eigenvalue weighted by atomic mass is 16.6. The standard InChI is InChI=1S/C12H12O4/c13-11-7-6-10(16-11)12(14)15-8-9-4-2-1-3-5-9/h1-5,10H,6-8H2/t10-/m0/s1. The summed E-state index contributed by atoms with van der Waals surface area (Å²) in [7, 11) is 0. The molecule has 84 valence electrons. The highest BCUT2D eigenvalue weighted by Gasteiger charge is 2.30. The number of cyclic esters (lactones) is 1. The van der Waals surface area contributed by atoms with Crippen LogP contribution in [-0.2, 0) is 25.7 Å². The normalized spacial score (nSPS) is 19.2. The molecule has 4 heteroatoms. The Labute approximate surface area is 93.2 Å². The average molecular weight is 220 g/mol. The lowest BCUT2D eigenvalue weighted by Crippen LogP contribution is -2.22. The minimum absolute atomic E-state index is 0.216. The van der Waals surface area contributed by atoms with Crippen LogP contribution in [0.1, 0.15) is 18.4 Å². The van der Waals surface area contributed by atoms with E-state index in [-0.39, 0.29) is 12.6 Å². The van der Waals surface area contributed by atoms with Crippen molar-refractivity contribution in [3.8, 4) is 0 Å². The highest BCUT2D eigenvalue weighted by Crippen LogP contribution is 2.15. The van der Waals surface area contributed by atoms with Crippen molar-refractivity contribution < 1.29 is 19.1 Å². The minimum atomic E-state index is -0.712. The number of carbonyl (C=O) groups is 2. The molecule has 0 unspecified atom stereocenters. The molecule has 0 spiro atoms. The van der Waals surface area contributed by atoms with E-state index in [1.54, 1.807) is 0 Å². The zero-order valence-electron chi connectivity index (χ0n) is 8.72. The topological polar surface area (TPSA) is 52.6 Å². The molecule has 1 saturated heterocycles. The minimum Gasteiger partial charge on any atom is -0.458 e. The fourth-order valence-electron chi connectivity index (χ4n) is 1.51. The number of ether oxygens (including phenoxy) is 2. The number of hydrogen-bond acceptors (Lipinski definition) is 4. The van der Waals surface area contributed by atoms with Gasteiger partial charge in [0.1, 0.15) is 6.61 Å². The molecular weight excluding hydrogens is 208 g/mol. The van der Waals surface area contributed by atoms with Gasteiger partial charge in [0.25, 0.3) is 0 Å². The van der Waals surface area contributed by atoms with Crippen molar-refractivity contribution in [1.82, 2.24) is 0 Å². The summed E-state index contributed by atoms with van der Waals surface area (Å²) in [6.07, 6.45) is 0.00796. The molecule has 1 atom stereocenters. The first-order valence-corrected chi connectivity index (χ1v) is 5.16. The predicted molar refractivity (Wildman–Crippen MR) is 55.4 cm³/mol. The second-order valence-corrected chi connectivity index (χ2v) is 3.61. The second kappa shape index (κ2) is 4.79. The summed E-state index contributed by atoms with van der Waals surface area (Å²) in [5.74, 6) is -0.795. The fraction of sp³-hybridized carbons (Fsp3) is 0.333. The first kappa shape index (κ1) is 10.7. The molecule has 0 aliphatic carbocycles. The summed E-state index contributed by atoms with van der Waals surface area (Å²) < 4.78 is 9.84. The summed E-state index contributed by atoms with van der Waals surface area (Å²) in [6.45, 7) is 0.216. The molecule has 0 saturated carbocycles. The van der Waals surface area contributed by atoms with Gasteiger partial charge in [-0.25, -0.2) is 4.79 Å². The third-order valence-corrected chi connectivity index (χ3v) is 2.37. The zero-order chi connectivity index (χ0) is 11.4. The molecule has 4 nitrogen and oxygen atoms in total. The smallest absolute Gasteiger partial charge is 0.347 e. The van der Waals surface area contributed by atoms with E-state index in [0.717, 1.165) is 5.56 Å². The number of hydrogen-bond donors (Lipinski definition) is 0. The van der Waals surface area contributed by atoms with E-state index in [4.69, 9.17) is 9.47 Å². The summed E-state index contributed by atoms with van der Waals surface area (Å²) in [5, 5.41) is 0. The van der Waals surface area contributed by atoms with Crippen LogP contribution in [0.5, 0.6) is 0 Å². The summed E-state index contributed by atoms with van der Waals surface area (Å²) in [5.41, 5.74) is 0.917. The van der Waals surface area contributed by atoms with Crippen molar-refractivity contribution in [2.24, 2.45) is 0 Å². The van der Waals surface area contributed by atoms with Gasteiger partial charge in [0.2, 0.25) is 0 Å². The third-order valence-electron chi connectivity index (χ3n) is 2.37. The van der Waals surface area contributed by atoms with E-state index in [0.29, 0.717) is 12.8 Å². The van der Waals surface area contributed by atoms with Gasteiger partial charge >= 0.3 is 11.9 Å². The van der Waals surface area contributed by atoms with Crippen LogP contribution >= 0.6 is 0 Å². The molecular formula is C12H12O4. The predicted octanol–water partition coefficient (Wildman–Crippen LogP) is 1.44. The molecule has 1 heterocycles. The van der Waals surface area contributed by atoms with Crippen LogP contribution in [0.25, 0.3) is 0 Å². The maximum absolute atomic E-state index is 11.5. The van der Waals surface area contributed by atoms with E-state index in [9.17, 15) is 9.59 Å². The Morgan fingerprint density at radius 1 is 1.38 bits per heavy atom. The molecule has 0 N–H and O–H groups in total. The van der Waals surface area contributed by atoms with E-state index in [2.05, 4.69) is 0 Å². The molecule has 1 fully saturated rings. The molecule has 0 bridgehead atoms. The molecule has 1 aromatic rings. The number of benzene rings is 1. The van der Waals surface area contributed by atoms with Crippen molar-refractivity contribution in [3.05, 3.63) is 35.9 Å². The Kier molecular flexibility index (Phi) is 3.19. The third kappa shape index (κ3) is 2.59. The van der Waals surface area contributed by atoms with Crippen LogP contribution in [0.2, 0.25) is 0 Å². The van der Waals surface area contributed by atoms with Gasteiger partial charge < -0.3 is 9.47 Å². The van der Waals surface area contributed by atoms with Crippen LogP contribution in [-0.4, -0.2) is 18.0 Å². The lowest BCUT2D eigenvalue weighted by molar-refractivity contribution is -0.162. The maximum atomic E-state index is 11.5. The van der Waals surface area contributed by atoms with E-state index < -0.39 is 12.1 Å². The Morgan fingerprint density at radius 3 is 2.75 bits per heavy atom. The number of esters is 2. The quantitative estimate of drug-likeness (QED) is 0.723. The van der Waals surface area contributed by atoms with Gasteiger partial charge in [0.05, 0.1) is 0 Å².